The lowest BCUT2D eigenvalue weighted by molar-refractivity contribution is -0.170. The van der Waals surface area contributed by atoms with E-state index in [4.69, 9.17) is 4.74 Å². The molecular formula is C17H25N3O2. The van der Waals surface area contributed by atoms with Crippen molar-refractivity contribution in [2.75, 3.05) is 33.3 Å². The number of likely N-dealkylation sites (N-methyl/N-ethyl adjacent to an activating group) is 1. The largest absolute Gasteiger partial charge is 0.362 e. The molecule has 0 aromatic carbocycles. The zero-order valence-corrected chi connectivity index (χ0v) is 13.5. The maximum atomic E-state index is 12.7. The van der Waals surface area contributed by atoms with Crippen molar-refractivity contribution in [1.82, 2.24) is 14.8 Å². The molecule has 1 amide bonds. The van der Waals surface area contributed by atoms with E-state index in [2.05, 4.69) is 22.9 Å². The summed E-state index contributed by atoms with van der Waals surface area (Å²) < 4.78 is 6.01. The molecule has 22 heavy (non-hydrogen) atoms. The zero-order valence-electron chi connectivity index (χ0n) is 13.5. The number of hydrogen-bond acceptors (Lipinski definition) is 4. The van der Waals surface area contributed by atoms with Gasteiger partial charge < -0.3 is 9.64 Å². The molecule has 5 nitrogen and oxygen atoms in total. The normalized spacial score (nSPS) is 27.2. The van der Waals surface area contributed by atoms with Gasteiger partial charge in [0.15, 0.2) is 5.60 Å². The molecule has 2 fully saturated rings. The summed E-state index contributed by atoms with van der Waals surface area (Å²) in [7, 11) is 1.89. The highest BCUT2D eigenvalue weighted by Crippen LogP contribution is 2.30. The van der Waals surface area contributed by atoms with Crippen molar-refractivity contribution >= 4 is 5.91 Å². The molecule has 0 bridgehead atoms. The van der Waals surface area contributed by atoms with Gasteiger partial charge in [0.05, 0.1) is 12.3 Å². The van der Waals surface area contributed by atoms with E-state index in [0.717, 1.165) is 44.6 Å². The molecule has 0 aliphatic carbocycles. The van der Waals surface area contributed by atoms with E-state index in [1.165, 1.54) is 5.56 Å². The summed E-state index contributed by atoms with van der Waals surface area (Å²) in [6.45, 7) is 5.85. The maximum absolute atomic E-state index is 12.7. The molecule has 3 rings (SSSR count). The molecule has 2 aliphatic rings. The molecule has 1 aromatic rings. The van der Waals surface area contributed by atoms with Crippen LogP contribution in [0.15, 0.2) is 18.3 Å². The number of rotatable bonds is 2. The first-order chi connectivity index (χ1) is 10.6. The Morgan fingerprint density at radius 3 is 3.05 bits per heavy atom. The third kappa shape index (κ3) is 3.01. The lowest BCUT2D eigenvalue weighted by atomic mass is 9.94. The smallest absolute Gasteiger partial charge is 0.255 e. The minimum Gasteiger partial charge on any atom is -0.362 e. The SMILES string of the molecule is Cc1cccnc1CN1CCOC2(CCCCN(C)C2=O)C1. The van der Waals surface area contributed by atoms with Crippen LogP contribution in [0.5, 0.6) is 0 Å². The van der Waals surface area contributed by atoms with E-state index >= 15 is 0 Å². The number of aromatic nitrogens is 1. The monoisotopic (exact) mass is 303 g/mol. The van der Waals surface area contributed by atoms with Crippen molar-refractivity contribution in [1.29, 1.82) is 0 Å². The highest BCUT2D eigenvalue weighted by atomic mass is 16.5. The Kier molecular flexibility index (Phi) is 4.45. The number of likely N-dealkylation sites (tertiary alicyclic amines) is 1. The molecule has 0 N–H and O–H groups in total. The van der Waals surface area contributed by atoms with Gasteiger partial charge in [-0.1, -0.05) is 6.07 Å². The number of nitrogens with zero attached hydrogens (tertiary/aromatic N) is 3. The fourth-order valence-electron chi connectivity index (χ4n) is 3.48. The second-order valence-electron chi connectivity index (χ2n) is 6.50. The third-order valence-electron chi connectivity index (χ3n) is 4.82. The third-order valence-corrected chi connectivity index (χ3v) is 4.82. The summed E-state index contributed by atoms with van der Waals surface area (Å²) in [4.78, 5) is 21.4. The molecule has 0 radical (unpaired) electrons. The van der Waals surface area contributed by atoms with Crippen molar-refractivity contribution in [3.05, 3.63) is 29.6 Å². The number of amides is 1. The highest BCUT2D eigenvalue weighted by molar-refractivity contribution is 5.85. The number of pyridine rings is 1. The van der Waals surface area contributed by atoms with E-state index in [1.54, 1.807) is 0 Å². The molecule has 1 spiro atoms. The summed E-state index contributed by atoms with van der Waals surface area (Å²) >= 11 is 0. The van der Waals surface area contributed by atoms with E-state index < -0.39 is 5.60 Å². The van der Waals surface area contributed by atoms with Crippen LogP contribution in [0.25, 0.3) is 0 Å². The van der Waals surface area contributed by atoms with Gasteiger partial charge in [-0.05, 0) is 37.8 Å². The first kappa shape index (κ1) is 15.4. The summed E-state index contributed by atoms with van der Waals surface area (Å²) in [5.41, 5.74) is 1.65. The van der Waals surface area contributed by atoms with Crippen LogP contribution in [0, 0.1) is 6.92 Å². The van der Waals surface area contributed by atoms with Gasteiger partial charge in [0.25, 0.3) is 5.91 Å². The van der Waals surface area contributed by atoms with Crippen molar-refractivity contribution in [3.63, 3.8) is 0 Å². The Morgan fingerprint density at radius 1 is 1.36 bits per heavy atom. The molecule has 5 heteroatoms. The van der Waals surface area contributed by atoms with Crippen LogP contribution in [0.1, 0.15) is 30.5 Å². The van der Waals surface area contributed by atoms with E-state index in [0.29, 0.717) is 13.2 Å². The summed E-state index contributed by atoms with van der Waals surface area (Å²) in [5, 5.41) is 0. The lowest BCUT2D eigenvalue weighted by Gasteiger charge is -2.42. The average molecular weight is 303 g/mol. The van der Waals surface area contributed by atoms with Gasteiger partial charge in [0.1, 0.15) is 0 Å². The van der Waals surface area contributed by atoms with Crippen molar-refractivity contribution in [2.45, 2.75) is 38.3 Å². The Labute approximate surface area is 132 Å². The Bertz CT molecular complexity index is 548. The predicted octanol–water partition coefficient (Wildman–Crippen LogP) is 1.60. The van der Waals surface area contributed by atoms with Crippen LogP contribution < -0.4 is 0 Å². The van der Waals surface area contributed by atoms with Crippen LogP contribution in [-0.4, -0.2) is 59.6 Å². The van der Waals surface area contributed by atoms with Crippen LogP contribution in [0.2, 0.25) is 0 Å². The molecule has 2 aliphatic heterocycles. The van der Waals surface area contributed by atoms with Gasteiger partial charge in [-0.2, -0.15) is 0 Å². The standard InChI is InChI=1S/C17H25N3O2/c1-14-6-5-8-18-15(14)12-20-10-11-22-17(13-20)7-3-4-9-19(2)16(17)21/h5-6,8H,3-4,7,9-13H2,1-2H3. The van der Waals surface area contributed by atoms with Crippen LogP contribution in [0.3, 0.4) is 0 Å². The van der Waals surface area contributed by atoms with Crippen molar-refractivity contribution in [3.8, 4) is 0 Å². The molecule has 1 atom stereocenters. The summed E-state index contributed by atoms with van der Waals surface area (Å²) in [6.07, 6.45) is 4.77. The summed E-state index contributed by atoms with van der Waals surface area (Å²) in [5.74, 6) is 0.146. The van der Waals surface area contributed by atoms with Gasteiger partial charge in [0, 0.05) is 39.4 Å². The quantitative estimate of drug-likeness (QED) is 0.832. The molecule has 1 aromatic heterocycles. The number of carbonyl (C=O) groups is 1. The fraction of sp³-hybridized carbons (Fsp3) is 0.647. The van der Waals surface area contributed by atoms with Crippen LogP contribution in [-0.2, 0) is 16.1 Å². The average Bonchev–Trinajstić information content (AvgIpc) is 2.64. The van der Waals surface area contributed by atoms with Crippen molar-refractivity contribution < 1.29 is 9.53 Å². The van der Waals surface area contributed by atoms with E-state index in [9.17, 15) is 4.79 Å². The van der Waals surface area contributed by atoms with Gasteiger partial charge >= 0.3 is 0 Å². The van der Waals surface area contributed by atoms with Gasteiger partial charge in [0.2, 0.25) is 0 Å². The number of ether oxygens (including phenoxy) is 1. The minimum atomic E-state index is -0.647. The first-order valence-electron chi connectivity index (χ1n) is 8.13. The molecule has 2 saturated heterocycles. The maximum Gasteiger partial charge on any atom is 0.255 e. The fourth-order valence-corrected chi connectivity index (χ4v) is 3.48. The number of hydrogen-bond donors (Lipinski definition) is 0. The van der Waals surface area contributed by atoms with E-state index in [1.807, 2.05) is 24.2 Å². The lowest BCUT2D eigenvalue weighted by Crippen LogP contribution is -2.59. The minimum absolute atomic E-state index is 0.146. The van der Waals surface area contributed by atoms with Crippen LogP contribution in [0.4, 0.5) is 0 Å². The van der Waals surface area contributed by atoms with Crippen molar-refractivity contribution in [2.24, 2.45) is 0 Å². The topological polar surface area (TPSA) is 45.7 Å². The molecule has 120 valence electrons. The van der Waals surface area contributed by atoms with E-state index in [-0.39, 0.29) is 5.91 Å². The summed E-state index contributed by atoms with van der Waals surface area (Å²) in [6, 6.07) is 4.05. The number of morpholine rings is 1. The Hall–Kier alpha value is -1.46. The molecule has 1 unspecified atom stereocenters. The Morgan fingerprint density at radius 2 is 2.23 bits per heavy atom. The molecule has 0 saturated carbocycles. The second kappa shape index (κ2) is 6.34. The molecular weight excluding hydrogens is 278 g/mol. The Balaban J connectivity index is 1.76. The van der Waals surface area contributed by atoms with Gasteiger partial charge in [-0.15, -0.1) is 0 Å². The van der Waals surface area contributed by atoms with Crippen LogP contribution >= 0.6 is 0 Å². The number of aryl methyl sites for hydroxylation is 1. The highest BCUT2D eigenvalue weighted by Gasteiger charge is 2.45. The zero-order chi connectivity index (χ0) is 15.6. The van der Waals surface area contributed by atoms with Gasteiger partial charge in [-0.25, -0.2) is 0 Å². The number of carbonyl (C=O) groups excluding carboxylic acids is 1. The first-order valence-corrected chi connectivity index (χ1v) is 8.13. The second-order valence-corrected chi connectivity index (χ2v) is 6.50. The van der Waals surface area contributed by atoms with Gasteiger partial charge in [-0.3, -0.25) is 14.7 Å². The predicted molar refractivity (Wildman–Crippen MR) is 84.4 cm³/mol. The molecule has 3 heterocycles.